The quantitative estimate of drug-likeness (QED) is 0.719. The molecule has 0 amide bonds. The number of imidazole rings is 1. The molecule has 3 heteroatoms. The molecule has 3 nitrogen and oxygen atoms in total. The first-order chi connectivity index (χ1) is 9.74. The zero-order valence-corrected chi connectivity index (χ0v) is 12.9. The highest BCUT2D eigenvalue weighted by Gasteiger charge is 2.09. The predicted octanol–water partition coefficient (Wildman–Crippen LogP) is 4.52. The summed E-state index contributed by atoms with van der Waals surface area (Å²) in [4.78, 5) is 4.66. The molecule has 0 aromatic carbocycles. The highest BCUT2D eigenvalue weighted by Crippen LogP contribution is 2.19. The second-order valence-corrected chi connectivity index (χ2v) is 5.68. The van der Waals surface area contributed by atoms with Crippen LogP contribution < -0.4 is 5.73 Å². The number of nitrogens with two attached hydrogens (primary N) is 1. The van der Waals surface area contributed by atoms with Crippen molar-refractivity contribution in [2.75, 3.05) is 5.73 Å². The monoisotopic (exact) mass is 273 g/mol. The average Bonchev–Trinajstić information content (AvgIpc) is 2.76. The van der Waals surface area contributed by atoms with Gasteiger partial charge in [0.25, 0.3) is 0 Å². The van der Waals surface area contributed by atoms with Crippen molar-refractivity contribution in [3.63, 3.8) is 0 Å². The van der Waals surface area contributed by atoms with Crippen molar-refractivity contribution < 1.29 is 0 Å². The van der Waals surface area contributed by atoms with Gasteiger partial charge in [-0.05, 0) is 31.9 Å². The Hall–Kier alpha value is -1.51. The fraction of sp³-hybridized carbons (Fsp3) is 0.588. The minimum Gasteiger partial charge on any atom is -0.383 e. The maximum Gasteiger partial charge on any atom is 0.138 e. The van der Waals surface area contributed by atoms with Crippen LogP contribution in [0.1, 0.15) is 63.3 Å². The van der Waals surface area contributed by atoms with Gasteiger partial charge in [0.05, 0.1) is 5.69 Å². The van der Waals surface area contributed by atoms with Crippen LogP contribution in [0.3, 0.4) is 0 Å². The van der Waals surface area contributed by atoms with Crippen molar-refractivity contribution in [1.29, 1.82) is 0 Å². The number of nitrogen functional groups attached to an aromatic ring is 1. The SMILES string of the molecule is CCCCCCCCCc1nc2cccc(C)n2c1N. The highest BCUT2D eigenvalue weighted by atomic mass is 15.1. The van der Waals surface area contributed by atoms with Crippen LogP contribution in [-0.2, 0) is 6.42 Å². The van der Waals surface area contributed by atoms with Gasteiger partial charge < -0.3 is 5.73 Å². The average molecular weight is 273 g/mol. The van der Waals surface area contributed by atoms with Crippen LogP contribution in [0.5, 0.6) is 0 Å². The number of hydrogen-bond donors (Lipinski definition) is 1. The van der Waals surface area contributed by atoms with Gasteiger partial charge >= 0.3 is 0 Å². The van der Waals surface area contributed by atoms with Crippen LogP contribution in [-0.4, -0.2) is 9.38 Å². The fourth-order valence-electron chi connectivity index (χ4n) is 2.76. The van der Waals surface area contributed by atoms with E-state index in [4.69, 9.17) is 5.73 Å². The Morgan fingerprint density at radius 1 is 1.05 bits per heavy atom. The molecule has 20 heavy (non-hydrogen) atoms. The molecule has 0 saturated carbocycles. The molecule has 0 unspecified atom stereocenters. The normalized spacial score (nSPS) is 11.3. The third-order valence-corrected chi connectivity index (χ3v) is 3.97. The van der Waals surface area contributed by atoms with E-state index in [1.165, 1.54) is 44.9 Å². The summed E-state index contributed by atoms with van der Waals surface area (Å²) >= 11 is 0. The number of aromatic nitrogens is 2. The Morgan fingerprint density at radius 2 is 1.75 bits per heavy atom. The van der Waals surface area contributed by atoms with Crippen LogP contribution in [0.25, 0.3) is 5.65 Å². The van der Waals surface area contributed by atoms with Gasteiger partial charge in [-0.25, -0.2) is 4.98 Å². The molecule has 0 bridgehead atoms. The summed E-state index contributed by atoms with van der Waals surface area (Å²) in [7, 11) is 0. The lowest BCUT2D eigenvalue weighted by atomic mass is 10.1. The van der Waals surface area contributed by atoms with E-state index in [1.807, 2.05) is 12.1 Å². The summed E-state index contributed by atoms with van der Waals surface area (Å²) in [5.74, 6) is 0.823. The zero-order chi connectivity index (χ0) is 14.4. The lowest BCUT2D eigenvalue weighted by molar-refractivity contribution is 0.588. The summed E-state index contributed by atoms with van der Waals surface area (Å²) in [6.07, 6.45) is 10.3. The predicted molar refractivity (Wildman–Crippen MR) is 86.0 cm³/mol. The Bertz CT molecular complexity index is 542. The molecule has 0 saturated heterocycles. The molecule has 0 aliphatic heterocycles. The minimum atomic E-state index is 0.823. The van der Waals surface area contributed by atoms with Gasteiger partial charge in [-0.1, -0.05) is 51.5 Å². The number of rotatable bonds is 8. The summed E-state index contributed by atoms with van der Waals surface area (Å²) in [6.45, 7) is 4.33. The van der Waals surface area contributed by atoms with E-state index >= 15 is 0 Å². The second-order valence-electron chi connectivity index (χ2n) is 5.68. The number of aryl methyl sites for hydroxylation is 2. The molecule has 2 rings (SSSR count). The third-order valence-electron chi connectivity index (χ3n) is 3.97. The first-order valence-corrected chi connectivity index (χ1v) is 7.96. The molecule has 2 aromatic rings. The maximum atomic E-state index is 6.22. The molecule has 2 N–H and O–H groups in total. The molecule has 0 atom stereocenters. The fourth-order valence-corrected chi connectivity index (χ4v) is 2.76. The molecular formula is C17H27N3. The van der Waals surface area contributed by atoms with E-state index in [9.17, 15) is 0 Å². The summed E-state index contributed by atoms with van der Waals surface area (Å²) in [5, 5.41) is 0. The Morgan fingerprint density at radius 3 is 2.45 bits per heavy atom. The number of unbranched alkanes of at least 4 members (excludes halogenated alkanes) is 6. The van der Waals surface area contributed by atoms with Crippen molar-refractivity contribution in [3.05, 3.63) is 29.6 Å². The number of nitrogens with zero attached hydrogens (tertiary/aromatic N) is 2. The topological polar surface area (TPSA) is 43.3 Å². The number of hydrogen-bond acceptors (Lipinski definition) is 2. The highest BCUT2D eigenvalue weighted by molar-refractivity contribution is 5.54. The van der Waals surface area contributed by atoms with Crippen LogP contribution in [0.2, 0.25) is 0 Å². The maximum absolute atomic E-state index is 6.22. The smallest absolute Gasteiger partial charge is 0.138 e. The first kappa shape index (κ1) is 14.9. The Balaban J connectivity index is 1.85. The van der Waals surface area contributed by atoms with Gasteiger partial charge in [0.15, 0.2) is 0 Å². The van der Waals surface area contributed by atoms with E-state index < -0.39 is 0 Å². The van der Waals surface area contributed by atoms with E-state index in [0.717, 1.165) is 29.3 Å². The van der Waals surface area contributed by atoms with Crippen molar-refractivity contribution >= 4 is 11.5 Å². The van der Waals surface area contributed by atoms with E-state index in [2.05, 4.69) is 29.3 Å². The summed E-state index contributed by atoms with van der Waals surface area (Å²) < 4.78 is 2.05. The molecule has 0 spiro atoms. The molecule has 2 aromatic heterocycles. The van der Waals surface area contributed by atoms with Crippen molar-refractivity contribution in [2.24, 2.45) is 0 Å². The summed E-state index contributed by atoms with van der Waals surface area (Å²) in [5.41, 5.74) is 9.41. The number of fused-ring (bicyclic) bond motifs is 1. The van der Waals surface area contributed by atoms with E-state index in [0.29, 0.717) is 0 Å². The van der Waals surface area contributed by atoms with Crippen molar-refractivity contribution in [1.82, 2.24) is 9.38 Å². The number of anilines is 1. The molecule has 110 valence electrons. The molecule has 0 aliphatic rings. The Kier molecular flexibility index (Phi) is 5.45. The van der Waals surface area contributed by atoms with Gasteiger partial charge in [0.1, 0.15) is 11.5 Å². The molecule has 2 heterocycles. The molecule has 0 aliphatic carbocycles. The lowest BCUT2D eigenvalue weighted by Gasteiger charge is -2.02. The van der Waals surface area contributed by atoms with Crippen LogP contribution >= 0.6 is 0 Å². The van der Waals surface area contributed by atoms with Gasteiger partial charge in [-0.3, -0.25) is 4.40 Å². The third kappa shape index (κ3) is 3.53. The van der Waals surface area contributed by atoms with Crippen molar-refractivity contribution in [2.45, 2.75) is 65.2 Å². The Labute approximate surface area is 122 Å². The second kappa shape index (κ2) is 7.32. The zero-order valence-electron chi connectivity index (χ0n) is 12.9. The largest absolute Gasteiger partial charge is 0.383 e. The van der Waals surface area contributed by atoms with Gasteiger partial charge in [-0.2, -0.15) is 0 Å². The van der Waals surface area contributed by atoms with E-state index in [-0.39, 0.29) is 0 Å². The van der Waals surface area contributed by atoms with Gasteiger partial charge in [-0.15, -0.1) is 0 Å². The van der Waals surface area contributed by atoms with Gasteiger partial charge in [0.2, 0.25) is 0 Å². The summed E-state index contributed by atoms with van der Waals surface area (Å²) in [6, 6.07) is 6.13. The number of pyridine rings is 1. The standard InChI is InChI=1S/C17H27N3/c1-3-4-5-6-7-8-9-12-15-17(18)20-14(2)11-10-13-16(20)19-15/h10-11,13H,3-9,12,18H2,1-2H3. The lowest BCUT2D eigenvalue weighted by Crippen LogP contribution is -1.99. The van der Waals surface area contributed by atoms with Crippen LogP contribution in [0, 0.1) is 6.92 Å². The molecular weight excluding hydrogens is 246 g/mol. The van der Waals surface area contributed by atoms with Crippen LogP contribution in [0.4, 0.5) is 5.82 Å². The van der Waals surface area contributed by atoms with E-state index in [1.54, 1.807) is 0 Å². The van der Waals surface area contributed by atoms with Crippen LogP contribution in [0.15, 0.2) is 18.2 Å². The van der Waals surface area contributed by atoms with Gasteiger partial charge in [0, 0.05) is 5.69 Å². The minimum absolute atomic E-state index is 0.823. The molecule has 0 radical (unpaired) electrons. The first-order valence-electron chi connectivity index (χ1n) is 7.96. The van der Waals surface area contributed by atoms with Crippen molar-refractivity contribution in [3.8, 4) is 0 Å². The molecule has 0 fully saturated rings.